The van der Waals surface area contributed by atoms with E-state index in [1.807, 2.05) is 60.3 Å². The van der Waals surface area contributed by atoms with Crippen molar-refractivity contribution in [1.29, 1.82) is 0 Å². The largest absolute Gasteiger partial charge is 0.345 e. The van der Waals surface area contributed by atoms with Gasteiger partial charge in [0.2, 0.25) is 10.0 Å². The second kappa shape index (κ2) is 9.33. The minimum absolute atomic E-state index is 0.405. The fourth-order valence-electron chi connectivity index (χ4n) is 5.16. The zero-order chi connectivity index (χ0) is 23.0. The number of aromatic nitrogens is 2. The zero-order valence-electron chi connectivity index (χ0n) is 19.4. The molecule has 0 atom stereocenters. The fraction of sp³-hybridized carbons (Fsp3) is 0.480. The first kappa shape index (κ1) is 22.8. The van der Waals surface area contributed by atoms with Gasteiger partial charge in [0.15, 0.2) is 0 Å². The van der Waals surface area contributed by atoms with Gasteiger partial charge in [-0.25, -0.2) is 13.4 Å². The molecular formula is C25H32N4O2S2. The smallest absolute Gasteiger partial charge is 0.244 e. The summed E-state index contributed by atoms with van der Waals surface area (Å²) in [5, 5.41) is 2.87. The van der Waals surface area contributed by atoms with Gasteiger partial charge in [-0.2, -0.15) is 4.31 Å². The molecule has 0 unspecified atom stereocenters. The van der Waals surface area contributed by atoms with E-state index in [1.165, 1.54) is 32.1 Å². The Balaban J connectivity index is 1.36. The standard InChI is InChI=1S/C25H32N4O2S2/c1-19-24(33(30,31)29-15-13-28(14-16-29)21-11-7-4-8-12-21)17-23(27(19)2)25-26-22(18-32-25)20-9-5-3-6-10-20/h3,5-6,9-10,17-18,21H,4,7-8,11-16H2,1-2H3. The van der Waals surface area contributed by atoms with Crippen LogP contribution in [0.4, 0.5) is 0 Å². The Hall–Kier alpha value is -2.00. The third-order valence-corrected chi connectivity index (χ3v) is 10.1. The molecule has 3 heterocycles. The Morgan fingerprint density at radius 2 is 1.70 bits per heavy atom. The van der Waals surface area contributed by atoms with Crippen LogP contribution in [-0.2, 0) is 17.1 Å². The van der Waals surface area contributed by atoms with Gasteiger partial charge in [0.25, 0.3) is 0 Å². The number of rotatable bonds is 5. The van der Waals surface area contributed by atoms with Crippen LogP contribution < -0.4 is 0 Å². The molecule has 2 fully saturated rings. The average molecular weight is 485 g/mol. The number of hydrogen-bond acceptors (Lipinski definition) is 5. The number of nitrogens with zero attached hydrogens (tertiary/aromatic N) is 4. The van der Waals surface area contributed by atoms with Crippen LogP contribution in [-0.4, -0.2) is 59.4 Å². The van der Waals surface area contributed by atoms with E-state index in [0.717, 1.165) is 40.7 Å². The molecule has 1 aromatic carbocycles. The maximum atomic E-state index is 13.6. The van der Waals surface area contributed by atoms with E-state index in [-0.39, 0.29) is 0 Å². The summed E-state index contributed by atoms with van der Waals surface area (Å²) in [4.78, 5) is 7.72. The van der Waals surface area contributed by atoms with E-state index in [4.69, 9.17) is 4.98 Å². The molecule has 2 aliphatic rings. The summed E-state index contributed by atoms with van der Waals surface area (Å²) in [6.07, 6.45) is 6.46. The van der Waals surface area contributed by atoms with Gasteiger partial charge >= 0.3 is 0 Å². The summed E-state index contributed by atoms with van der Waals surface area (Å²) >= 11 is 1.55. The van der Waals surface area contributed by atoms with Crippen molar-refractivity contribution in [2.24, 2.45) is 7.05 Å². The van der Waals surface area contributed by atoms with Crippen LogP contribution in [0, 0.1) is 6.92 Å². The molecule has 0 N–H and O–H groups in total. The van der Waals surface area contributed by atoms with E-state index >= 15 is 0 Å². The molecule has 0 spiro atoms. The number of hydrogen-bond donors (Lipinski definition) is 0. The predicted molar refractivity (Wildman–Crippen MR) is 134 cm³/mol. The zero-order valence-corrected chi connectivity index (χ0v) is 21.0. The SMILES string of the molecule is Cc1c(S(=O)(=O)N2CCN(C3CCCCC3)CC2)cc(-c2nc(-c3ccccc3)cs2)n1C. The Morgan fingerprint density at radius 3 is 2.39 bits per heavy atom. The van der Waals surface area contributed by atoms with Gasteiger partial charge in [-0.05, 0) is 25.8 Å². The van der Waals surface area contributed by atoms with Gasteiger partial charge < -0.3 is 4.57 Å². The molecule has 5 rings (SSSR count). The van der Waals surface area contributed by atoms with Gasteiger partial charge in [-0.15, -0.1) is 11.3 Å². The molecule has 2 aromatic heterocycles. The highest BCUT2D eigenvalue weighted by atomic mass is 32.2. The molecule has 0 bridgehead atoms. The van der Waals surface area contributed by atoms with Crippen molar-refractivity contribution in [3.63, 3.8) is 0 Å². The minimum Gasteiger partial charge on any atom is -0.345 e. The van der Waals surface area contributed by atoms with Crippen molar-refractivity contribution in [1.82, 2.24) is 18.8 Å². The third kappa shape index (κ3) is 4.41. The molecule has 8 heteroatoms. The van der Waals surface area contributed by atoms with Crippen LogP contribution in [0.5, 0.6) is 0 Å². The summed E-state index contributed by atoms with van der Waals surface area (Å²) in [6.45, 7) is 4.68. The summed E-state index contributed by atoms with van der Waals surface area (Å²) in [6, 6.07) is 12.5. The number of piperazine rings is 1. The lowest BCUT2D eigenvalue weighted by Crippen LogP contribution is -2.52. The van der Waals surface area contributed by atoms with Crippen molar-refractivity contribution >= 4 is 21.4 Å². The summed E-state index contributed by atoms with van der Waals surface area (Å²) in [5.74, 6) is 0. The normalized spacial score (nSPS) is 19.2. The van der Waals surface area contributed by atoms with Crippen molar-refractivity contribution < 1.29 is 8.42 Å². The molecule has 33 heavy (non-hydrogen) atoms. The van der Waals surface area contributed by atoms with Crippen LogP contribution in [0.25, 0.3) is 22.0 Å². The number of sulfonamides is 1. The van der Waals surface area contributed by atoms with Gasteiger partial charge in [0, 0.05) is 55.9 Å². The molecule has 6 nitrogen and oxygen atoms in total. The predicted octanol–water partition coefficient (Wildman–Crippen LogP) is 4.76. The first-order valence-electron chi connectivity index (χ1n) is 11.9. The Labute approximate surface area is 200 Å². The summed E-state index contributed by atoms with van der Waals surface area (Å²) < 4.78 is 30.8. The molecule has 1 aliphatic carbocycles. The van der Waals surface area contributed by atoms with Crippen molar-refractivity contribution in [3.8, 4) is 22.0 Å². The molecule has 0 radical (unpaired) electrons. The van der Waals surface area contributed by atoms with Gasteiger partial charge in [-0.1, -0.05) is 49.6 Å². The van der Waals surface area contributed by atoms with E-state index in [1.54, 1.807) is 15.6 Å². The first-order chi connectivity index (χ1) is 15.9. The van der Waals surface area contributed by atoms with E-state index in [0.29, 0.717) is 24.0 Å². The number of thiazole rings is 1. The number of benzene rings is 1. The van der Waals surface area contributed by atoms with Gasteiger partial charge in [0.1, 0.15) is 9.90 Å². The lowest BCUT2D eigenvalue weighted by Gasteiger charge is -2.40. The molecule has 176 valence electrons. The highest BCUT2D eigenvalue weighted by molar-refractivity contribution is 7.89. The molecule has 1 saturated carbocycles. The highest BCUT2D eigenvalue weighted by Crippen LogP contribution is 2.34. The third-order valence-electron chi connectivity index (χ3n) is 7.26. The maximum Gasteiger partial charge on any atom is 0.244 e. The molecular weight excluding hydrogens is 452 g/mol. The quantitative estimate of drug-likeness (QED) is 0.524. The van der Waals surface area contributed by atoms with E-state index in [9.17, 15) is 8.42 Å². The lowest BCUT2D eigenvalue weighted by atomic mass is 9.94. The Morgan fingerprint density at radius 1 is 1.00 bits per heavy atom. The topological polar surface area (TPSA) is 58.4 Å². The molecule has 0 amide bonds. The van der Waals surface area contributed by atoms with Crippen LogP contribution in [0.15, 0.2) is 46.7 Å². The summed E-state index contributed by atoms with van der Waals surface area (Å²) in [5.41, 5.74) is 3.59. The van der Waals surface area contributed by atoms with Gasteiger partial charge in [-0.3, -0.25) is 4.90 Å². The lowest BCUT2D eigenvalue weighted by molar-refractivity contribution is 0.111. The first-order valence-corrected chi connectivity index (χ1v) is 14.2. The fourth-order valence-corrected chi connectivity index (χ4v) is 7.74. The van der Waals surface area contributed by atoms with E-state index < -0.39 is 10.0 Å². The second-order valence-corrected chi connectivity index (χ2v) is 11.9. The maximum absolute atomic E-state index is 13.6. The monoisotopic (exact) mass is 484 g/mol. The van der Waals surface area contributed by atoms with Crippen LogP contribution in [0.2, 0.25) is 0 Å². The van der Waals surface area contributed by atoms with Crippen LogP contribution in [0.3, 0.4) is 0 Å². The minimum atomic E-state index is -3.54. The van der Waals surface area contributed by atoms with Crippen molar-refractivity contribution in [2.75, 3.05) is 26.2 Å². The van der Waals surface area contributed by atoms with Crippen LogP contribution >= 0.6 is 11.3 Å². The second-order valence-electron chi connectivity index (χ2n) is 9.17. The Kier molecular flexibility index (Phi) is 6.44. The molecule has 1 aliphatic heterocycles. The van der Waals surface area contributed by atoms with Gasteiger partial charge in [0.05, 0.1) is 11.4 Å². The van der Waals surface area contributed by atoms with Crippen molar-refractivity contribution in [3.05, 3.63) is 47.5 Å². The van der Waals surface area contributed by atoms with Crippen molar-refractivity contribution in [2.45, 2.75) is 50.0 Å². The highest BCUT2D eigenvalue weighted by Gasteiger charge is 2.34. The summed E-state index contributed by atoms with van der Waals surface area (Å²) in [7, 11) is -1.61. The van der Waals surface area contributed by atoms with E-state index in [2.05, 4.69) is 4.90 Å². The molecule has 3 aromatic rings. The molecule has 1 saturated heterocycles. The van der Waals surface area contributed by atoms with Crippen LogP contribution in [0.1, 0.15) is 37.8 Å². The Bertz CT molecular complexity index is 1200. The average Bonchev–Trinajstić information content (AvgIpc) is 3.46.